The van der Waals surface area contributed by atoms with Crippen molar-refractivity contribution in [3.05, 3.63) is 34.9 Å². The fraction of sp³-hybridized carbons (Fsp3) is 0.562. The quantitative estimate of drug-likeness (QED) is 0.829. The highest BCUT2D eigenvalue weighted by Gasteiger charge is 2.26. The summed E-state index contributed by atoms with van der Waals surface area (Å²) in [6.07, 6.45) is 1.71. The van der Waals surface area contributed by atoms with E-state index in [0.717, 1.165) is 29.5 Å². The Balaban J connectivity index is 2.77. The maximum Gasteiger partial charge on any atom is 0.251 e. The van der Waals surface area contributed by atoms with Gasteiger partial charge in [0.1, 0.15) is 0 Å². The molecule has 1 aromatic carbocycles. The van der Waals surface area contributed by atoms with Crippen molar-refractivity contribution in [3.63, 3.8) is 0 Å². The lowest BCUT2D eigenvalue weighted by atomic mass is 9.83. The third-order valence-corrected chi connectivity index (χ3v) is 4.10. The number of carbonyl (C=O) groups is 1. The van der Waals surface area contributed by atoms with Crippen molar-refractivity contribution in [1.82, 2.24) is 5.32 Å². The van der Waals surface area contributed by atoms with E-state index in [1.807, 2.05) is 45.9 Å². The molecule has 0 aliphatic carbocycles. The molecule has 0 aliphatic rings. The van der Waals surface area contributed by atoms with Crippen molar-refractivity contribution >= 4 is 5.91 Å². The molecule has 1 amide bonds. The Bertz CT molecular complexity index is 428. The van der Waals surface area contributed by atoms with Gasteiger partial charge in [0, 0.05) is 17.5 Å². The predicted octanol–water partition coefficient (Wildman–Crippen LogP) is 2.83. The molecule has 1 rings (SSSR count). The normalized spacial score (nSPS) is 11.4. The van der Waals surface area contributed by atoms with Crippen LogP contribution in [0.1, 0.15) is 48.2 Å². The molecule has 19 heavy (non-hydrogen) atoms. The number of carbonyl (C=O) groups excluding carboxylic acids is 1. The van der Waals surface area contributed by atoms with Gasteiger partial charge in [-0.3, -0.25) is 4.79 Å². The first-order valence-electron chi connectivity index (χ1n) is 6.94. The van der Waals surface area contributed by atoms with Gasteiger partial charge in [0.2, 0.25) is 0 Å². The van der Waals surface area contributed by atoms with Gasteiger partial charge in [0.05, 0.1) is 6.61 Å². The summed E-state index contributed by atoms with van der Waals surface area (Å²) in [7, 11) is 0. The minimum Gasteiger partial charge on any atom is -0.396 e. The largest absolute Gasteiger partial charge is 0.396 e. The first kappa shape index (κ1) is 15.7. The van der Waals surface area contributed by atoms with Crippen LogP contribution in [-0.4, -0.2) is 24.2 Å². The minimum absolute atomic E-state index is 0.0547. The lowest BCUT2D eigenvalue weighted by Gasteiger charge is -2.29. The number of aliphatic hydroxyl groups excluding tert-OH is 1. The summed E-state index contributed by atoms with van der Waals surface area (Å²) in [6, 6.07) is 5.87. The molecule has 3 heteroatoms. The molecule has 0 saturated heterocycles. The second-order valence-corrected chi connectivity index (χ2v) is 5.37. The summed E-state index contributed by atoms with van der Waals surface area (Å²) in [5.74, 6) is -0.0547. The number of aryl methyl sites for hydroxylation is 2. The van der Waals surface area contributed by atoms with Crippen molar-refractivity contribution in [3.8, 4) is 0 Å². The molecule has 2 N–H and O–H groups in total. The highest BCUT2D eigenvalue weighted by molar-refractivity contribution is 5.95. The van der Waals surface area contributed by atoms with Crippen LogP contribution in [0.4, 0.5) is 0 Å². The van der Waals surface area contributed by atoms with E-state index in [1.54, 1.807) is 0 Å². The van der Waals surface area contributed by atoms with Gasteiger partial charge in [-0.25, -0.2) is 0 Å². The molecule has 0 atom stereocenters. The first-order valence-corrected chi connectivity index (χ1v) is 6.94. The van der Waals surface area contributed by atoms with Gasteiger partial charge in [-0.1, -0.05) is 31.5 Å². The van der Waals surface area contributed by atoms with Crippen molar-refractivity contribution in [2.75, 3.05) is 13.2 Å². The standard InChI is InChI=1S/C16H25NO2/c1-5-16(6-2,11-18)10-17-15(19)14-9-12(3)7-8-13(14)4/h7-9,18H,5-6,10-11H2,1-4H3,(H,17,19). The number of aliphatic hydroxyl groups is 1. The molecule has 0 aliphatic heterocycles. The van der Waals surface area contributed by atoms with E-state index in [1.165, 1.54) is 0 Å². The number of benzene rings is 1. The van der Waals surface area contributed by atoms with Gasteiger partial charge >= 0.3 is 0 Å². The fourth-order valence-electron chi connectivity index (χ4n) is 2.12. The number of amides is 1. The average molecular weight is 263 g/mol. The lowest BCUT2D eigenvalue weighted by molar-refractivity contribution is 0.0850. The SMILES string of the molecule is CCC(CC)(CO)CNC(=O)c1cc(C)ccc1C. The van der Waals surface area contributed by atoms with Crippen molar-refractivity contribution in [2.24, 2.45) is 5.41 Å². The summed E-state index contributed by atoms with van der Waals surface area (Å²) in [6.45, 7) is 8.63. The van der Waals surface area contributed by atoms with Crippen LogP contribution in [0.3, 0.4) is 0 Å². The monoisotopic (exact) mass is 263 g/mol. The number of hydrogen-bond acceptors (Lipinski definition) is 2. The van der Waals surface area contributed by atoms with Crippen LogP contribution < -0.4 is 5.32 Å². The summed E-state index contributed by atoms with van der Waals surface area (Å²) < 4.78 is 0. The summed E-state index contributed by atoms with van der Waals surface area (Å²) in [5.41, 5.74) is 2.58. The Kier molecular flexibility index (Phi) is 5.55. The van der Waals surface area contributed by atoms with Gasteiger partial charge in [0.15, 0.2) is 0 Å². The Hall–Kier alpha value is -1.35. The molecule has 3 nitrogen and oxygen atoms in total. The van der Waals surface area contributed by atoms with Gasteiger partial charge < -0.3 is 10.4 Å². The highest BCUT2D eigenvalue weighted by Crippen LogP contribution is 2.24. The number of rotatable bonds is 6. The van der Waals surface area contributed by atoms with Crippen molar-refractivity contribution < 1.29 is 9.90 Å². The van der Waals surface area contributed by atoms with Crippen LogP contribution in [0.25, 0.3) is 0 Å². The van der Waals surface area contributed by atoms with Crippen LogP contribution in [-0.2, 0) is 0 Å². The van der Waals surface area contributed by atoms with Crippen LogP contribution in [0.15, 0.2) is 18.2 Å². The van der Waals surface area contributed by atoms with Crippen LogP contribution in [0.2, 0.25) is 0 Å². The lowest BCUT2D eigenvalue weighted by Crippen LogP contribution is -2.39. The van der Waals surface area contributed by atoms with E-state index in [2.05, 4.69) is 5.32 Å². The second kappa shape index (κ2) is 6.71. The van der Waals surface area contributed by atoms with E-state index in [-0.39, 0.29) is 17.9 Å². The zero-order valence-corrected chi connectivity index (χ0v) is 12.4. The number of nitrogens with one attached hydrogen (secondary N) is 1. The molecular weight excluding hydrogens is 238 g/mol. The summed E-state index contributed by atoms with van der Waals surface area (Å²) in [4.78, 5) is 12.2. The smallest absolute Gasteiger partial charge is 0.251 e. The van der Waals surface area contributed by atoms with Gasteiger partial charge in [0.25, 0.3) is 5.91 Å². The molecule has 0 spiro atoms. The Morgan fingerprint density at radius 2 is 1.89 bits per heavy atom. The van der Waals surface area contributed by atoms with Gasteiger partial charge in [-0.15, -0.1) is 0 Å². The van der Waals surface area contributed by atoms with E-state index >= 15 is 0 Å². The first-order chi connectivity index (χ1) is 8.98. The Morgan fingerprint density at radius 3 is 2.42 bits per heavy atom. The van der Waals surface area contributed by atoms with Crippen LogP contribution in [0.5, 0.6) is 0 Å². The molecule has 106 valence electrons. The highest BCUT2D eigenvalue weighted by atomic mass is 16.3. The summed E-state index contributed by atoms with van der Waals surface area (Å²) in [5, 5.41) is 12.5. The minimum atomic E-state index is -0.201. The van der Waals surface area contributed by atoms with Crippen LogP contribution in [0, 0.1) is 19.3 Å². The molecular formula is C16H25NO2. The van der Waals surface area contributed by atoms with E-state index in [4.69, 9.17) is 0 Å². The second-order valence-electron chi connectivity index (χ2n) is 5.37. The zero-order valence-electron chi connectivity index (χ0n) is 12.4. The maximum atomic E-state index is 12.2. The number of hydrogen-bond donors (Lipinski definition) is 2. The Morgan fingerprint density at radius 1 is 1.26 bits per heavy atom. The third-order valence-electron chi connectivity index (χ3n) is 4.10. The molecule has 0 fully saturated rings. The van der Waals surface area contributed by atoms with E-state index in [9.17, 15) is 9.90 Å². The van der Waals surface area contributed by atoms with Crippen molar-refractivity contribution in [2.45, 2.75) is 40.5 Å². The molecule has 0 bridgehead atoms. The van der Waals surface area contributed by atoms with Crippen LogP contribution >= 0.6 is 0 Å². The zero-order chi connectivity index (χ0) is 14.5. The van der Waals surface area contributed by atoms with Crippen molar-refractivity contribution in [1.29, 1.82) is 0 Å². The van der Waals surface area contributed by atoms with Gasteiger partial charge in [-0.2, -0.15) is 0 Å². The Labute approximate surface area is 116 Å². The summed E-state index contributed by atoms with van der Waals surface area (Å²) >= 11 is 0. The molecule has 0 heterocycles. The molecule has 0 saturated carbocycles. The predicted molar refractivity (Wildman–Crippen MR) is 78.4 cm³/mol. The fourth-order valence-corrected chi connectivity index (χ4v) is 2.12. The van der Waals surface area contributed by atoms with Gasteiger partial charge in [-0.05, 0) is 38.3 Å². The van der Waals surface area contributed by atoms with E-state index in [0.29, 0.717) is 6.54 Å². The third kappa shape index (κ3) is 3.80. The average Bonchev–Trinajstić information content (AvgIpc) is 2.43. The van der Waals surface area contributed by atoms with E-state index < -0.39 is 0 Å². The molecule has 0 aromatic heterocycles. The topological polar surface area (TPSA) is 49.3 Å². The molecule has 1 aromatic rings. The molecule has 0 unspecified atom stereocenters. The maximum absolute atomic E-state index is 12.2. The molecule has 0 radical (unpaired) electrons.